The molecule has 6 heteroatoms. The average Bonchev–Trinajstić information content (AvgIpc) is 2.55. The van der Waals surface area contributed by atoms with Crippen LogP contribution < -0.4 is 16.2 Å². The zero-order chi connectivity index (χ0) is 16.8. The van der Waals surface area contributed by atoms with E-state index in [1.54, 1.807) is 30.3 Å². The van der Waals surface area contributed by atoms with Crippen LogP contribution in [0, 0.1) is 0 Å². The number of fused-ring (bicyclic) bond motifs is 1. The van der Waals surface area contributed by atoms with Crippen molar-refractivity contribution in [2.24, 2.45) is 0 Å². The number of benzene rings is 1. The first-order valence-corrected chi connectivity index (χ1v) is 7.67. The zero-order valence-electron chi connectivity index (χ0n) is 13.2. The van der Waals surface area contributed by atoms with Crippen LogP contribution in [0.3, 0.4) is 0 Å². The van der Waals surface area contributed by atoms with E-state index >= 15 is 0 Å². The quantitative estimate of drug-likeness (QED) is 0.504. The third-order valence-electron chi connectivity index (χ3n) is 3.61. The van der Waals surface area contributed by atoms with Gasteiger partial charge in [-0.15, -0.1) is 6.58 Å². The summed E-state index contributed by atoms with van der Waals surface area (Å²) in [5.74, 6) is -0.830. The minimum Gasteiger partial charge on any atom is -0.506 e. The van der Waals surface area contributed by atoms with E-state index in [1.165, 1.54) is 4.57 Å². The van der Waals surface area contributed by atoms with E-state index in [9.17, 15) is 14.7 Å². The molecule has 0 aliphatic carbocycles. The van der Waals surface area contributed by atoms with Gasteiger partial charge < -0.3 is 20.3 Å². The van der Waals surface area contributed by atoms with Crippen LogP contribution in [-0.4, -0.2) is 35.2 Å². The number of amides is 1. The second-order valence-electron chi connectivity index (χ2n) is 5.19. The molecule has 0 saturated heterocycles. The van der Waals surface area contributed by atoms with Gasteiger partial charge >= 0.3 is 0 Å². The minimum absolute atomic E-state index is 0.220. The van der Waals surface area contributed by atoms with E-state index in [1.807, 2.05) is 12.2 Å². The van der Waals surface area contributed by atoms with Gasteiger partial charge in [0.15, 0.2) is 0 Å². The van der Waals surface area contributed by atoms with Gasteiger partial charge in [-0.1, -0.05) is 18.2 Å². The van der Waals surface area contributed by atoms with Crippen LogP contribution in [0.25, 0.3) is 10.9 Å². The lowest BCUT2D eigenvalue weighted by Gasteiger charge is -2.13. The Hall–Kier alpha value is -2.60. The number of carbonyl (C=O) groups excluding carboxylic acids is 1. The van der Waals surface area contributed by atoms with Crippen LogP contribution in [0.2, 0.25) is 0 Å². The van der Waals surface area contributed by atoms with Crippen LogP contribution in [0.1, 0.15) is 17.3 Å². The maximum atomic E-state index is 12.6. The lowest BCUT2D eigenvalue weighted by Crippen LogP contribution is -2.85. The number of pyridine rings is 1. The van der Waals surface area contributed by atoms with Gasteiger partial charge in [0.1, 0.15) is 11.3 Å². The highest BCUT2D eigenvalue weighted by atomic mass is 16.3. The number of nitrogens with zero attached hydrogens (tertiary/aromatic N) is 1. The van der Waals surface area contributed by atoms with E-state index in [4.69, 9.17) is 0 Å². The second-order valence-corrected chi connectivity index (χ2v) is 5.19. The molecule has 0 spiro atoms. The maximum Gasteiger partial charge on any atom is 0.268 e. The summed E-state index contributed by atoms with van der Waals surface area (Å²) in [6.45, 7) is 8.00. The van der Waals surface area contributed by atoms with Crippen molar-refractivity contribution in [3.8, 4) is 5.75 Å². The van der Waals surface area contributed by atoms with Crippen molar-refractivity contribution in [3.63, 3.8) is 0 Å². The first-order chi connectivity index (χ1) is 11.1. The third-order valence-corrected chi connectivity index (χ3v) is 3.61. The molecule has 4 N–H and O–H groups in total. The molecular weight excluding hydrogens is 294 g/mol. The van der Waals surface area contributed by atoms with Crippen molar-refractivity contribution in [3.05, 3.63) is 52.8 Å². The summed E-state index contributed by atoms with van der Waals surface area (Å²) < 4.78 is 1.44. The molecule has 1 aromatic heterocycles. The second kappa shape index (κ2) is 7.60. The van der Waals surface area contributed by atoms with E-state index in [2.05, 4.69) is 11.9 Å². The van der Waals surface area contributed by atoms with Gasteiger partial charge in [0.2, 0.25) is 0 Å². The van der Waals surface area contributed by atoms with Gasteiger partial charge in [0.05, 0.1) is 25.2 Å². The number of aromatic hydroxyl groups is 1. The number of quaternary nitrogens is 1. The Morgan fingerprint density at radius 2 is 2.17 bits per heavy atom. The topological polar surface area (TPSA) is 87.9 Å². The Kier molecular flexibility index (Phi) is 5.54. The summed E-state index contributed by atoms with van der Waals surface area (Å²) in [5.41, 5.74) is -0.161. The van der Waals surface area contributed by atoms with Crippen LogP contribution in [-0.2, 0) is 6.54 Å². The molecule has 1 aromatic carbocycles. The zero-order valence-corrected chi connectivity index (χ0v) is 13.2. The van der Waals surface area contributed by atoms with E-state index in [-0.39, 0.29) is 17.9 Å². The molecule has 122 valence electrons. The fourth-order valence-corrected chi connectivity index (χ4v) is 2.48. The number of aromatic nitrogens is 1. The smallest absolute Gasteiger partial charge is 0.268 e. The van der Waals surface area contributed by atoms with Gasteiger partial charge in [-0.25, -0.2) is 0 Å². The predicted octanol–water partition coefficient (Wildman–Crippen LogP) is 0.206. The van der Waals surface area contributed by atoms with Gasteiger partial charge in [0.25, 0.3) is 11.5 Å². The normalized spacial score (nSPS) is 10.7. The number of hydrogen-bond donors (Lipinski definition) is 3. The summed E-state index contributed by atoms with van der Waals surface area (Å²) in [4.78, 5) is 24.9. The Labute approximate surface area is 134 Å². The highest BCUT2D eigenvalue weighted by Crippen LogP contribution is 2.26. The Morgan fingerprint density at radius 3 is 2.87 bits per heavy atom. The summed E-state index contributed by atoms with van der Waals surface area (Å²) in [6.07, 6.45) is 1.59. The molecule has 0 saturated carbocycles. The number of carbonyl (C=O) groups is 1. The maximum absolute atomic E-state index is 12.6. The minimum atomic E-state index is -0.555. The van der Waals surface area contributed by atoms with Crippen molar-refractivity contribution in [2.75, 3.05) is 19.6 Å². The molecule has 6 nitrogen and oxygen atoms in total. The molecule has 0 bridgehead atoms. The molecule has 0 fully saturated rings. The molecule has 0 atom stereocenters. The number of nitrogens with two attached hydrogens (primary N) is 1. The largest absolute Gasteiger partial charge is 0.506 e. The Morgan fingerprint density at radius 1 is 1.43 bits per heavy atom. The number of para-hydroxylation sites is 1. The number of nitrogens with one attached hydrogen (secondary N) is 1. The number of rotatable bonds is 7. The summed E-state index contributed by atoms with van der Waals surface area (Å²) in [6, 6.07) is 6.95. The molecular formula is C17H22N3O3+. The number of hydrogen-bond acceptors (Lipinski definition) is 3. The number of allylic oxidation sites excluding steroid dienone is 1. The molecule has 1 heterocycles. The molecule has 0 unspecified atom stereocenters. The van der Waals surface area contributed by atoms with Crippen molar-refractivity contribution < 1.29 is 15.2 Å². The Balaban J connectivity index is 2.49. The first kappa shape index (κ1) is 16.8. The summed E-state index contributed by atoms with van der Waals surface area (Å²) >= 11 is 0. The lowest BCUT2D eigenvalue weighted by atomic mass is 10.1. The highest BCUT2D eigenvalue weighted by Gasteiger charge is 2.21. The van der Waals surface area contributed by atoms with Crippen LogP contribution >= 0.6 is 0 Å². The van der Waals surface area contributed by atoms with Crippen LogP contribution in [0.5, 0.6) is 5.75 Å². The first-order valence-electron chi connectivity index (χ1n) is 7.67. The van der Waals surface area contributed by atoms with Crippen molar-refractivity contribution >= 4 is 16.8 Å². The van der Waals surface area contributed by atoms with E-state index in [0.29, 0.717) is 17.4 Å². The molecule has 2 rings (SSSR count). The highest BCUT2D eigenvalue weighted by molar-refractivity contribution is 6.02. The van der Waals surface area contributed by atoms with Crippen molar-refractivity contribution in [1.82, 2.24) is 9.88 Å². The molecule has 23 heavy (non-hydrogen) atoms. The fraction of sp³-hybridized carbons (Fsp3) is 0.294. The molecule has 0 aliphatic heterocycles. The molecule has 1 amide bonds. The third kappa shape index (κ3) is 3.43. The van der Waals surface area contributed by atoms with Gasteiger partial charge in [0, 0.05) is 11.9 Å². The standard InChI is InChI=1S/C17H21N3O3/c1-3-11-20-13-8-6-5-7-12(13)15(21)14(17(20)23)16(22)19-10-9-18-4-2/h3,5-8,18,21H,1,4,9-11H2,2H3,(H,19,22)/p+1. The van der Waals surface area contributed by atoms with E-state index < -0.39 is 11.5 Å². The Bertz CT molecular complexity index is 780. The number of likely N-dealkylation sites (N-methyl/N-ethyl adjacent to an activating group) is 1. The monoisotopic (exact) mass is 316 g/mol. The van der Waals surface area contributed by atoms with Crippen molar-refractivity contribution in [1.29, 1.82) is 0 Å². The van der Waals surface area contributed by atoms with Crippen molar-refractivity contribution in [2.45, 2.75) is 13.5 Å². The predicted molar refractivity (Wildman–Crippen MR) is 89.7 cm³/mol. The fourth-order valence-electron chi connectivity index (χ4n) is 2.48. The van der Waals surface area contributed by atoms with Gasteiger partial charge in [-0.2, -0.15) is 0 Å². The lowest BCUT2D eigenvalue weighted by molar-refractivity contribution is -0.649. The molecule has 2 aromatic rings. The van der Waals surface area contributed by atoms with Crippen LogP contribution in [0.15, 0.2) is 41.7 Å². The molecule has 0 aliphatic rings. The SMILES string of the molecule is C=CCn1c(=O)c(C(=O)NCC[NH2+]CC)c(O)c2ccccc21. The summed E-state index contributed by atoms with van der Waals surface area (Å²) in [5, 5.41) is 15.6. The van der Waals surface area contributed by atoms with Crippen LogP contribution in [0.4, 0.5) is 0 Å². The molecule has 0 radical (unpaired) electrons. The van der Waals surface area contributed by atoms with E-state index in [0.717, 1.165) is 13.1 Å². The van der Waals surface area contributed by atoms with Gasteiger partial charge in [-0.3, -0.25) is 9.59 Å². The van der Waals surface area contributed by atoms with Gasteiger partial charge in [-0.05, 0) is 19.1 Å². The summed E-state index contributed by atoms with van der Waals surface area (Å²) in [7, 11) is 0. The average molecular weight is 316 g/mol.